The number of rotatable bonds is 5. The second-order valence-corrected chi connectivity index (χ2v) is 14.3. The van der Waals surface area contributed by atoms with Crippen LogP contribution in [-0.2, 0) is 0 Å². The van der Waals surface area contributed by atoms with Crippen molar-refractivity contribution in [2.75, 3.05) is 0 Å². The lowest BCUT2D eigenvalue weighted by Gasteiger charge is -2.12. The average molecular weight is 762 g/mol. The number of nitrogens with zero attached hydrogens (tertiary/aromatic N) is 4. The van der Waals surface area contributed by atoms with E-state index in [4.69, 9.17) is 34.4 Å². The molecule has 0 saturated carbocycles. The molecule has 4 heterocycles. The maximum Gasteiger partial charge on any atom is 0.238 e. The number of para-hydroxylation sites is 1. The molecule has 0 bridgehead atoms. The van der Waals surface area contributed by atoms with Gasteiger partial charge in [0.1, 0.15) is 11.2 Å². The lowest BCUT2D eigenvalue weighted by molar-refractivity contribution is 0.669. The zero-order chi connectivity index (χ0) is 50.5. The highest BCUT2D eigenvalue weighted by Gasteiger charge is 2.22. The van der Waals surface area contributed by atoms with Gasteiger partial charge < -0.3 is 4.42 Å². The van der Waals surface area contributed by atoms with E-state index in [1.54, 1.807) is 36.4 Å². The molecule has 0 aliphatic carbocycles. The smallest absolute Gasteiger partial charge is 0.238 e. The molecule has 0 atom stereocenters. The maximum absolute atomic E-state index is 9.49. The fourth-order valence-corrected chi connectivity index (χ4v) is 8.59. The van der Waals surface area contributed by atoms with Gasteiger partial charge in [0, 0.05) is 48.1 Å². The minimum atomic E-state index is -0.592. The van der Waals surface area contributed by atoms with E-state index < -0.39 is 72.5 Å². The standard InChI is InChI=1S/C51H30N4OS/c1-3-12-31(13-4-1)32-22-24-34(25-23-32)49-52-50(35-26-27-41-44(30-35)56-43-20-11-18-36(46(41)43)33-14-5-2-6-15-33)54-51(53-49)55-42-19-9-7-16-37(42)39-28-29-40-38-17-8-10-21-45(38)57-48(40)47(39)55/h1-30H/i2D,5D,6D,7D,8D,9D,10D,14D,15D,16D,17D,19D,21D,28D,29D. The van der Waals surface area contributed by atoms with E-state index in [1.807, 2.05) is 54.6 Å². The molecule has 12 aromatic rings. The molecule has 0 spiro atoms. The van der Waals surface area contributed by atoms with Crippen LogP contribution in [0.3, 0.4) is 0 Å². The van der Waals surface area contributed by atoms with E-state index in [2.05, 4.69) is 0 Å². The van der Waals surface area contributed by atoms with Gasteiger partial charge in [-0.05, 0) is 52.5 Å². The predicted octanol–water partition coefficient (Wildman–Crippen LogP) is 13.9. The molecule has 0 amide bonds. The molecule has 0 saturated heterocycles. The van der Waals surface area contributed by atoms with Crippen molar-refractivity contribution in [1.29, 1.82) is 0 Å². The molecule has 57 heavy (non-hydrogen) atoms. The van der Waals surface area contributed by atoms with E-state index in [-0.39, 0.29) is 83.3 Å². The quantitative estimate of drug-likeness (QED) is 0.175. The molecule has 12 rings (SSSR count). The Bertz CT molecular complexity index is 4370. The summed E-state index contributed by atoms with van der Waals surface area (Å²) >= 11 is 0.941. The summed E-state index contributed by atoms with van der Waals surface area (Å²) < 4.78 is 140. The van der Waals surface area contributed by atoms with Gasteiger partial charge in [0.25, 0.3) is 0 Å². The van der Waals surface area contributed by atoms with Crippen LogP contribution in [0, 0.1) is 0 Å². The molecule has 0 unspecified atom stereocenters. The highest BCUT2D eigenvalue weighted by atomic mass is 32.1. The van der Waals surface area contributed by atoms with Gasteiger partial charge in [-0.3, -0.25) is 4.57 Å². The number of fused-ring (bicyclic) bond motifs is 10. The Morgan fingerprint density at radius 2 is 1.19 bits per heavy atom. The van der Waals surface area contributed by atoms with E-state index in [9.17, 15) is 5.48 Å². The first-order valence-corrected chi connectivity index (χ1v) is 18.6. The SMILES string of the molecule is [2H]c1c([2H])c([2H])c(-c2cccc3oc4cc(-c5nc(-c6ccc(-c7ccccc7)cc6)nc(-n6c7c([2H])c([2H])c([2H])c([2H])c7c7c([2H])c([2H])c8c(sc9c([2H])c([2H])c([2H])c([2H])c98)c76)n5)ccc4c23)c([2H])c1[2H]. The number of thiophene rings is 1. The Kier molecular flexibility index (Phi) is 4.52. The van der Waals surface area contributed by atoms with Crippen molar-refractivity contribution in [2.24, 2.45) is 0 Å². The average Bonchev–Trinajstić information content (AvgIpc) is 4.10. The predicted molar refractivity (Wildman–Crippen MR) is 236 cm³/mol. The van der Waals surface area contributed by atoms with Gasteiger partial charge in [0.15, 0.2) is 11.6 Å². The fraction of sp³-hybridized carbons (Fsp3) is 0. The summed E-state index contributed by atoms with van der Waals surface area (Å²) in [5.74, 6) is 0.0475. The van der Waals surface area contributed by atoms with Gasteiger partial charge >= 0.3 is 0 Å². The van der Waals surface area contributed by atoms with Crippen LogP contribution in [0.1, 0.15) is 20.6 Å². The first kappa shape index (κ1) is 20.5. The van der Waals surface area contributed by atoms with Crippen molar-refractivity contribution in [3.63, 3.8) is 0 Å². The fourth-order valence-electron chi connectivity index (χ4n) is 7.49. The summed E-state index contributed by atoms with van der Waals surface area (Å²) in [7, 11) is 0. The summed E-state index contributed by atoms with van der Waals surface area (Å²) in [5.41, 5.74) is 3.82. The van der Waals surface area contributed by atoms with Crippen molar-refractivity contribution >= 4 is 75.3 Å². The maximum atomic E-state index is 9.49. The Labute approximate surface area is 351 Å². The van der Waals surface area contributed by atoms with Gasteiger partial charge in [-0.2, -0.15) is 9.97 Å². The Morgan fingerprint density at radius 1 is 0.491 bits per heavy atom. The third-order valence-electron chi connectivity index (χ3n) is 10.1. The molecule has 0 aliphatic heterocycles. The second-order valence-electron chi connectivity index (χ2n) is 13.3. The van der Waals surface area contributed by atoms with Gasteiger partial charge in [-0.15, -0.1) is 11.3 Å². The number of hydrogen-bond acceptors (Lipinski definition) is 5. The van der Waals surface area contributed by atoms with Gasteiger partial charge in [-0.25, -0.2) is 4.98 Å². The highest BCUT2D eigenvalue weighted by molar-refractivity contribution is 7.26. The van der Waals surface area contributed by atoms with Gasteiger partial charge in [-0.1, -0.05) is 151 Å². The zero-order valence-electron chi connectivity index (χ0n) is 44.3. The second kappa shape index (κ2) is 12.6. The Morgan fingerprint density at radius 3 is 2.05 bits per heavy atom. The van der Waals surface area contributed by atoms with Crippen LogP contribution >= 0.6 is 11.3 Å². The first-order valence-electron chi connectivity index (χ1n) is 25.3. The number of hydrogen-bond donors (Lipinski definition) is 0. The third kappa shape index (κ3) is 5.04. The van der Waals surface area contributed by atoms with E-state index >= 15 is 0 Å². The molecule has 0 aliphatic rings. The molecule has 266 valence electrons. The largest absolute Gasteiger partial charge is 0.456 e. The minimum absolute atomic E-state index is 0.00634. The molecular formula is C51H30N4OS. The van der Waals surface area contributed by atoms with Gasteiger partial charge in [0.2, 0.25) is 5.95 Å². The molecule has 8 aromatic carbocycles. The van der Waals surface area contributed by atoms with Crippen LogP contribution in [0.15, 0.2) is 186 Å². The van der Waals surface area contributed by atoms with Crippen molar-refractivity contribution in [3.05, 3.63) is 182 Å². The van der Waals surface area contributed by atoms with Crippen molar-refractivity contribution in [1.82, 2.24) is 19.5 Å². The summed E-state index contributed by atoms with van der Waals surface area (Å²) in [4.78, 5) is 15.0. The van der Waals surface area contributed by atoms with Crippen LogP contribution in [0.4, 0.5) is 0 Å². The van der Waals surface area contributed by atoms with Crippen molar-refractivity contribution < 1.29 is 25.0 Å². The molecule has 0 radical (unpaired) electrons. The van der Waals surface area contributed by atoms with Crippen LogP contribution in [-0.4, -0.2) is 19.5 Å². The summed E-state index contributed by atoms with van der Waals surface area (Å²) in [6.07, 6.45) is 0. The van der Waals surface area contributed by atoms with Crippen molar-refractivity contribution in [2.45, 2.75) is 0 Å². The molecule has 5 nitrogen and oxygen atoms in total. The molecule has 4 aromatic heterocycles. The summed E-state index contributed by atoms with van der Waals surface area (Å²) in [6, 6.07) is 20.3. The van der Waals surface area contributed by atoms with E-state index in [0.29, 0.717) is 38.6 Å². The first-order chi connectivity index (χ1) is 34.5. The van der Waals surface area contributed by atoms with Crippen LogP contribution < -0.4 is 0 Å². The van der Waals surface area contributed by atoms with Crippen LogP contribution in [0.25, 0.3) is 115 Å². The topological polar surface area (TPSA) is 56.7 Å². The monoisotopic (exact) mass is 761 g/mol. The molecule has 0 N–H and O–H groups in total. The van der Waals surface area contributed by atoms with Crippen molar-refractivity contribution in [3.8, 4) is 51.0 Å². The molecule has 0 fully saturated rings. The molecule has 6 heteroatoms. The van der Waals surface area contributed by atoms with E-state index in [1.165, 1.54) is 4.57 Å². The molecular weight excluding hydrogens is 717 g/mol. The minimum Gasteiger partial charge on any atom is -0.456 e. The Balaban J connectivity index is 1.18. The number of furan rings is 1. The normalized spacial score (nSPS) is 15.5. The third-order valence-corrected chi connectivity index (χ3v) is 11.2. The highest BCUT2D eigenvalue weighted by Crippen LogP contribution is 2.43. The van der Waals surface area contributed by atoms with E-state index in [0.717, 1.165) is 22.5 Å². The zero-order valence-corrected chi connectivity index (χ0v) is 30.1. The van der Waals surface area contributed by atoms with Crippen LogP contribution in [0.5, 0.6) is 0 Å². The number of benzene rings is 8. The Hall–Kier alpha value is -7.41. The lowest BCUT2D eigenvalue weighted by Crippen LogP contribution is -2.06. The number of aromatic nitrogens is 4. The summed E-state index contributed by atoms with van der Waals surface area (Å²) in [6.45, 7) is 0. The lowest BCUT2D eigenvalue weighted by atomic mass is 9.99. The van der Waals surface area contributed by atoms with Crippen LogP contribution in [0.2, 0.25) is 0 Å². The summed E-state index contributed by atoms with van der Waals surface area (Å²) in [5, 5.41) is 0.969. The van der Waals surface area contributed by atoms with Gasteiger partial charge in [0.05, 0.1) is 36.3 Å².